The van der Waals surface area contributed by atoms with Crippen molar-refractivity contribution in [3.8, 4) is 0 Å². The summed E-state index contributed by atoms with van der Waals surface area (Å²) in [5.74, 6) is -2.40. The van der Waals surface area contributed by atoms with Gasteiger partial charge < -0.3 is 19.7 Å². The van der Waals surface area contributed by atoms with Crippen LogP contribution in [-0.4, -0.2) is 62.9 Å². The van der Waals surface area contributed by atoms with Crippen LogP contribution < -0.4 is 0 Å². The van der Waals surface area contributed by atoms with Crippen molar-refractivity contribution in [3.05, 3.63) is 12.2 Å². The maximum atomic E-state index is 12.8. The second-order valence-corrected chi connectivity index (χ2v) is 8.50. The summed E-state index contributed by atoms with van der Waals surface area (Å²) in [5, 5.41) is 20.1. The summed E-state index contributed by atoms with van der Waals surface area (Å²) < 4.78 is 10.4. The van der Waals surface area contributed by atoms with Crippen molar-refractivity contribution in [2.75, 3.05) is 0 Å². The Bertz CT molecular complexity index is 695. The fourth-order valence-electron chi connectivity index (χ4n) is 3.85. The highest BCUT2D eigenvalue weighted by atomic mass is 16.6. The first kappa shape index (κ1) is 22.9. The molecule has 2 amide bonds. The summed E-state index contributed by atoms with van der Waals surface area (Å²) in [5.41, 5.74) is -1.03. The van der Waals surface area contributed by atoms with Gasteiger partial charge in [0.25, 0.3) is 0 Å². The average Bonchev–Trinajstić information content (AvgIpc) is 3.09. The van der Waals surface area contributed by atoms with E-state index in [1.54, 1.807) is 6.92 Å². The molecule has 9 nitrogen and oxygen atoms in total. The molecule has 1 aliphatic carbocycles. The minimum Gasteiger partial charge on any atom is -0.464 e. The van der Waals surface area contributed by atoms with E-state index in [9.17, 15) is 29.4 Å². The van der Waals surface area contributed by atoms with E-state index in [0.717, 1.165) is 12.8 Å². The predicted molar refractivity (Wildman–Crippen MR) is 101 cm³/mol. The summed E-state index contributed by atoms with van der Waals surface area (Å²) in [4.78, 5) is 49.7. The number of carbonyl (C=O) groups is 4. The number of rotatable bonds is 2. The SMILES string of the molecule is C[C@@H]1OC(=O)[C@@H](N(C(=O)O)C(=O)OC(C)(C)C)C(=O)CC[C@H](O)[C@H]1C1C=CCC1. The van der Waals surface area contributed by atoms with Gasteiger partial charge in [-0.3, -0.25) is 4.79 Å². The molecule has 1 unspecified atom stereocenters. The number of amides is 2. The Morgan fingerprint density at radius 2 is 1.90 bits per heavy atom. The Labute approximate surface area is 169 Å². The van der Waals surface area contributed by atoms with Gasteiger partial charge in [0.2, 0.25) is 6.04 Å². The number of esters is 1. The molecular formula is C20H29NO8. The molecule has 1 fully saturated rings. The van der Waals surface area contributed by atoms with Crippen molar-refractivity contribution in [2.45, 2.75) is 77.2 Å². The van der Waals surface area contributed by atoms with Crippen molar-refractivity contribution in [1.82, 2.24) is 4.90 Å². The number of hydrogen-bond acceptors (Lipinski definition) is 7. The second-order valence-electron chi connectivity index (χ2n) is 8.50. The van der Waals surface area contributed by atoms with Gasteiger partial charge in [-0.25, -0.2) is 14.4 Å². The van der Waals surface area contributed by atoms with E-state index in [0.29, 0.717) is 0 Å². The number of hydrogen-bond donors (Lipinski definition) is 2. The first-order valence-corrected chi connectivity index (χ1v) is 9.75. The highest BCUT2D eigenvalue weighted by molar-refractivity contribution is 6.09. The van der Waals surface area contributed by atoms with Crippen molar-refractivity contribution in [2.24, 2.45) is 11.8 Å². The average molecular weight is 411 g/mol. The molecule has 0 spiro atoms. The Morgan fingerprint density at radius 3 is 2.41 bits per heavy atom. The summed E-state index contributed by atoms with van der Waals surface area (Å²) in [6.07, 6.45) is 0.546. The number of carboxylic acid groups (broad SMARTS) is 1. The smallest absolute Gasteiger partial charge is 0.421 e. The number of aliphatic hydroxyl groups is 1. The molecule has 5 atom stereocenters. The lowest BCUT2D eigenvalue weighted by molar-refractivity contribution is -0.160. The van der Waals surface area contributed by atoms with E-state index in [1.165, 1.54) is 20.8 Å². The number of nitrogens with zero attached hydrogens (tertiary/aromatic N) is 1. The summed E-state index contributed by atoms with van der Waals surface area (Å²) in [6.45, 7) is 6.20. The van der Waals surface area contributed by atoms with E-state index in [4.69, 9.17) is 9.47 Å². The van der Waals surface area contributed by atoms with Gasteiger partial charge in [0.1, 0.15) is 11.7 Å². The van der Waals surface area contributed by atoms with Gasteiger partial charge in [0.05, 0.1) is 6.10 Å². The summed E-state index contributed by atoms with van der Waals surface area (Å²) in [6, 6.07) is -1.98. The van der Waals surface area contributed by atoms with Crippen molar-refractivity contribution >= 4 is 23.9 Å². The zero-order valence-electron chi connectivity index (χ0n) is 17.2. The van der Waals surface area contributed by atoms with Crippen molar-refractivity contribution in [3.63, 3.8) is 0 Å². The Kier molecular flexibility index (Phi) is 7.05. The topological polar surface area (TPSA) is 130 Å². The summed E-state index contributed by atoms with van der Waals surface area (Å²) >= 11 is 0. The van der Waals surface area contributed by atoms with E-state index < -0.39 is 53.7 Å². The number of aliphatic hydroxyl groups excluding tert-OH is 1. The molecule has 0 saturated carbocycles. The van der Waals surface area contributed by atoms with Gasteiger partial charge in [-0.05, 0) is 52.9 Å². The molecule has 0 aromatic carbocycles. The van der Waals surface area contributed by atoms with Gasteiger partial charge in [0, 0.05) is 12.3 Å². The molecule has 0 bridgehead atoms. The first-order chi connectivity index (χ1) is 13.4. The highest BCUT2D eigenvalue weighted by Gasteiger charge is 2.46. The third-order valence-electron chi connectivity index (χ3n) is 5.10. The zero-order valence-corrected chi connectivity index (χ0v) is 17.2. The van der Waals surface area contributed by atoms with Gasteiger partial charge in [0.15, 0.2) is 5.78 Å². The van der Waals surface area contributed by atoms with Crippen molar-refractivity contribution < 1.29 is 38.9 Å². The third-order valence-corrected chi connectivity index (χ3v) is 5.10. The molecule has 2 rings (SSSR count). The maximum Gasteiger partial charge on any atom is 0.421 e. The molecule has 162 valence electrons. The third kappa shape index (κ3) is 5.56. The maximum absolute atomic E-state index is 12.8. The standard InChI is InChI=1S/C20H29NO8/c1-11-15(12-7-5-6-8-12)13(22)9-10-14(23)16(17(24)28-11)21(18(25)26)19(27)29-20(2,3)4/h5,7,11-13,15-16,22H,6,8-10H2,1-4H3,(H,25,26)/t11-,12?,13-,15+,16-/m0/s1. The Balaban J connectivity index is 2.33. The minimum absolute atomic E-state index is 0.0131. The quantitative estimate of drug-likeness (QED) is 0.403. The molecule has 0 radical (unpaired) electrons. The Morgan fingerprint density at radius 1 is 1.24 bits per heavy atom. The number of ether oxygens (including phenoxy) is 2. The van der Waals surface area contributed by atoms with Crippen LogP contribution >= 0.6 is 0 Å². The van der Waals surface area contributed by atoms with Crippen LogP contribution in [0.4, 0.5) is 9.59 Å². The van der Waals surface area contributed by atoms with Crippen molar-refractivity contribution in [1.29, 1.82) is 0 Å². The van der Waals surface area contributed by atoms with Crippen LogP contribution in [0.2, 0.25) is 0 Å². The van der Waals surface area contributed by atoms with Gasteiger partial charge in [-0.2, -0.15) is 4.90 Å². The van der Waals surface area contributed by atoms with Crippen LogP contribution in [-0.2, 0) is 19.1 Å². The molecule has 1 heterocycles. The predicted octanol–water partition coefficient (Wildman–Crippen LogP) is 2.51. The number of Topliss-reactive ketones (excluding diaryl/α,β-unsaturated/α-hetero) is 1. The molecule has 9 heteroatoms. The lowest BCUT2D eigenvalue weighted by Gasteiger charge is -2.32. The number of allylic oxidation sites excluding steroid dienone is 2. The lowest BCUT2D eigenvalue weighted by atomic mass is 9.81. The van der Waals surface area contributed by atoms with Crippen LogP contribution in [0, 0.1) is 11.8 Å². The highest BCUT2D eigenvalue weighted by Crippen LogP contribution is 2.34. The molecule has 1 aliphatic heterocycles. The first-order valence-electron chi connectivity index (χ1n) is 9.75. The van der Waals surface area contributed by atoms with Crippen LogP contribution in [0.1, 0.15) is 53.4 Å². The second kappa shape index (κ2) is 8.94. The molecule has 29 heavy (non-hydrogen) atoms. The van der Waals surface area contributed by atoms with Gasteiger partial charge in [-0.1, -0.05) is 12.2 Å². The normalized spacial score (nSPS) is 30.7. The van der Waals surface area contributed by atoms with E-state index in [-0.39, 0.29) is 23.7 Å². The largest absolute Gasteiger partial charge is 0.464 e. The molecule has 0 aromatic rings. The molecule has 0 aromatic heterocycles. The van der Waals surface area contributed by atoms with Crippen LogP contribution in [0.25, 0.3) is 0 Å². The minimum atomic E-state index is -1.98. The van der Waals surface area contributed by atoms with Crippen LogP contribution in [0.3, 0.4) is 0 Å². The molecule has 1 saturated heterocycles. The number of ketones is 1. The lowest BCUT2D eigenvalue weighted by Crippen LogP contribution is -2.54. The van der Waals surface area contributed by atoms with E-state index in [2.05, 4.69) is 0 Å². The van der Waals surface area contributed by atoms with E-state index >= 15 is 0 Å². The van der Waals surface area contributed by atoms with Gasteiger partial charge in [-0.15, -0.1) is 0 Å². The summed E-state index contributed by atoms with van der Waals surface area (Å²) in [7, 11) is 0. The zero-order chi connectivity index (χ0) is 21.9. The fraction of sp³-hybridized carbons (Fsp3) is 0.700. The number of imide groups is 1. The van der Waals surface area contributed by atoms with Crippen LogP contribution in [0.15, 0.2) is 12.2 Å². The number of cyclic esters (lactones) is 1. The van der Waals surface area contributed by atoms with Crippen LogP contribution in [0.5, 0.6) is 0 Å². The van der Waals surface area contributed by atoms with E-state index in [1.807, 2.05) is 12.2 Å². The fourth-order valence-corrected chi connectivity index (χ4v) is 3.85. The monoisotopic (exact) mass is 411 g/mol. The molecular weight excluding hydrogens is 382 g/mol. The molecule has 2 aliphatic rings. The Hall–Kier alpha value is -2.42. The number of carbonyl (C=O) groups excluding carboxylic acids is 3. The van der Waals surface area contributed by atoms with Gasteiger partial charge >= 0.3 is 18.2 Å². The molecule has 2 N–H and O–H groups in total.